The van der Waals surface area contributed by atoms with Crippen LogP contribution >= 0.6 is 0 Å². The summed E-state index contributed by atoms with van der Waals surface area (Å²) in [5.41, 5.74) is 3.52. The Kier molecular flexibility index (Phi) is 4.26. The lowest BCUT2D eigenvalue weighted by atomic mass is 10.0. The first-order chi connectivity index (χ1) is 11.4. The number of rotatable bonds is 4. The molecule has 5 nitrogen and oxygen atoms in total. The van der Waals surface area contributed by atoms with E-state index in [0.29, 0.717) is 16.8 Å². The van der Waals surface area contributed by atoms with Crippen LogP contribution in [0.25, 0.3) is 5.57 Å². The molecule has 0 bridgehead atoms. The van der Waals surface area contributed by atoms with Crippen molar-refractivity contribution in [3.63, 3.8) is 0 Å². The summed E-state index contributed by atoms with van der Waals surface area (Å²) in [5.74, 6) is -0.197. The summed E-state index contributed by atoms with van der Waals surface area (Å²) in [5, 5.41) is 2.75. The van der Waals surface area contributed by atoms with Crippen LogP contribution in [0.4, 0.5) is 5.69 Å². The quantitative estimate of drug-likeness (QED) is 0.839. The third-order valence-electron chi connectivity index (χ3n) is 3.86. The second-order valence-electron chi connectivity index (χ2n) is 5.85. The van der Waals surface area contributed by atoms with Gasteiger partial charge in [0, 0.05) is 23.4 Å². The van der Waals surface area contributed by atoms with Gasteiger partial charge in [0.2, 0.25) is 10.0 Å². The molecule has 124 valence electrons. The normalized spacial score (nSPS) is 13.6. The lowest BCUT2D eigenvalue weighted by Crippen LogP contribution is -2.23. The maximum Gasteiger partial charge on any atom is 0.256 e. The summed E-state index contributed by atoms with van der Waals surface area (Å²) in [6.07, 6.45) is 0. The fourth-order valence-corrected chi connectivity index (χ4v) is 3.71. The number of carbonyl (C=O) groups is 1. The highest BCUT2D eigenvalue weighted by molar-refractivity contribution is 7.89. The maximum absolute atomic E-state index is 12.5. The fourth-order valence-electron chi connectivity index (χ4n) is 2.67. The highest BCUT2D eigenvalue weighted by Crippen LogP contribution is 2.35. The molecule has 1 heterocycles. The van der Waals surface area contributed by atoms with Crippen LogP contribution in [-0.2, 0) is 21.4 Å². The number of allylic oxidation sites excluding steroid dienone is 1. The number of hydrogen-bond donors (Lipinski definition) is 2. The second kappa shape index (κ2) is 6.22. The Bertz CT molecular complexity index is 928. The van der Waals surface area contributed by atoms with E-state index in [1.165, 1.54) is 6.07 Å². The van der Waals surface area contributed by atoms with Crippen molar-refractivity contribution in [2.24, 2.45) is 0 Å². The molecule has 0 aliphatic carbocycles. The second-order valence-corrected chi connectivity index (χ2v) is 7.61. The van der Waals surface area contributed by atoms with E-state index < -0.39 is 10.0 Å². The molecule has 1 amide bonds. The van der Waals surface area contributed by atoms with Gasteiger partial charge in [0.05, 0.1) is 4.90 Å². The molecular weight excluding hydrogens is 324 g/mol. The van der Waals surface area contributed by atoms with E-state index in [9.17, 15) is 13.2 Å². The summed E-state index contributed by atoms with van der Waals surface area (Å²) in [6, 6.07) is 14.0. The van der Waals surface area contributed by atoms with Gasteiger partial charge < -0.3 is 5.32 Å². The molecule has 1 aliphatic rings. The lowest BCUT2D eigenvalue weighted by Gasteiger charge is -2.09. The van der Waals surface area contributed by atoms with Crippen LogP contribution in [0.3, 0.4) is 0 Å². The molecule has 0 fully saturated rings. The number of carbonyl (C=O) groups excluding carboxylic acids is 1. The minimum atomic E-state index is -3.66. The van der Waals surface area contributed by atoms with Crippen molar-refractivity contribution in [2.45, 2.75) is 25.3 Å². The standard InChI is InChI=1S/C18H18N2O3S/c1-12(2)17-15-10-14(8-9-16(15)20-18(17)21)24(22,23)19-11-13-6-4-3-5-7-13/h3-10,19H,11H2,1-2H3,(H,20,21). The van der Waals surface area contributed by atoms with Crippen LogP contribution in [0.15, 0.2) is 59.0 Å². The molecule has 0 radical (unpaired) electrons. The van der Waals surface area contributed by atoms with Gasteiger partial charge in [-0.1, -0.05) is 35.9 Å². The molecule has 0 saturated carbocycles. The largest absolute Gasteiger partial charge is 0.321 e. The Balaban J connectivity index is 1.91. The third-order valence-corrected chi connectivity index (χ3v) is 5.25. The molecule has 0 atom stereocenters. The summed E-state index contributed by atoms with van der Waals surface area (Å²) in [7, 11) is -3.66. The molecule has 0 saturated heterocycles. The average molecular weight is 342 g/mol. The van der Waals surface area contributed by atoms with Crippen LogP contribution in [0.1, 0.15) is 25.0 Å². The van der Waals surface area contributed by atoms with Crippen molar-refractivity contribution >= 4 is 27.2 Å². The number of anilines is 1. The number of benzene rings is 2. The first kappa shape index (κ1) is 16.4. The minimum absolute atomic E-state index is 0.146. The predicted octanol–water partition coefficient (Wildman–Crippen LogP) is 2.91. The van der Waals surface area contributed by atoms with Gasteiger partial charge in [0.1, 0.15) is 0 Å². The Morgan fingerprint density at radius 1 is 1.08 bits per heavy atom. The van der Waals surface area contributed by atoms with Gasteiger partial charge in [-0.15, -0.1) is 0 Å². The molecule has 0 unspecified atom stereocenters. The van der Waals surface area contributed by atoms with Gasteiger partial charge >= 0.3 is 0 Å². The Hall–Kier alpha value is -2.44. The molecule has 6 heteroatoms. The summed E-state index contributed by atoms with van der Waals surface area (Å²) in [6.45, 7) is 3.88. The molecule has 2 N–H and O–H groups in total. The van der Waals surface area contributed by atoms with Crippen molar-refractivity contribution in [1.82, 2.24) is 4.72 Å². The topological polar surface area (TPSA) is 75.3 Å². The number of sulfonamides is 1. The number of fused-ring (bicyclic) bond motifs is 1. The molecule has 1 aliphatic heterocycles. The summed E-state index contributed by atoms with van der Waals surface area (Å²) < 4.78 is 27.7. The van der Waals surface area contributed by atoms with E-state index in [4.69, 9.17) is 0 Å². The predicted molar refractivity (Wildman–Crippen MR) is 93.8 cm³/mol. The van der Waals surface area contributed by atoms with Gasteiger partial charge in [-0.3, -0.25) is 4.79 Å². The molecule has 0 spiro atoms. The summed E-state index contributed by atoms with van der Waals surface area (Å²) >= 11 is 0. The molecule has 0 aromatic heterocycles. The van der Waals surface area contributed by atoms with Crippen molar-refractivity contribution in [2.75, 3.05) is 5.32 Å². The third kappa shape index (κ3) is 3.11. The van der Waals surface area contributed by atoms with Gasteiger partial charge in [0.15, 0.2) is 0 Å². The molecule has 2 aromatic carbocycles. The van der Waals surface area contributed by atoms with E-state index in [1.807, 2.05) is 44.2 Å². The maximum atomic E-state index is 12.5. The Morgan fingerprint density at radius 2 is 1.79 bits per heavy atom. The highest BCUT2D eigenvalue weighted by atomic mass is 32.2. The SMILES string of the molecule is CC(C)=C1C(=O)Nc2ccc(S(=O)(=O)NCc3ccccc3)cc21. The van der Waals surface area contributed by atoms with Gasteiger partial charge in [-0.05, 0) is 37.6 Å². The average Bonchev–Trinajstić information content (AvgIpc) is 2.89. The van der Waals surface area contributed by atoms with Gasteiger partial charge in [0.25, 0.3) is 5.91 Å². The zero-order valence-electron chi connectivity index (χ0n) is 13.5. The van der Waals surface area contributed by atoms with E-state index in [0.717, 1.165) is 11.1 Å². The van der Waals surface area contributed by atoms with Crippen LogP contribution in [0.2, 0.25) is 0 Å². The molecule has 24 heavy (non-hydrogen) atoms. The van der Waals surface area contributed by atoms with Crippen molar-refractivity contribution in [3.05, 3.63) is 65.2 Å². The van der Waals surface area contributed by atoms with Crippen LogP contribution < -0.4 is 10.0 Å². The molecule has 3 rings (SSSR count). The van der Waals surface area contributed by atoms with Crippen molar-refractivity contribution in [3.8, 4) is 0 Å². The first-order valence-electron chi connectivity index (χ1n) is 7.55. The summed E-state index contributed by atoms with van der Waals surface area (Å²) in [4.78, 5) is 12.2. The van der Waals surface area contributed by atoms with Gasteiger partial charge in [-0.2, -0.15) is 0 Å². The van der Waals surface area contributed by atoms with E-state index in [1.54, 1.807) is 12.1 Å². The highest BCUT2D eigenvalue weighted by Gasteiger charge is 2.27. The van der Waals surface area contributed by atoms with Crippen LogP contribution in [0.5, 0.6) is 0 Å². The van der Waals surface area contributed by atoms with E-state index >= 15 is 0 Å². The monoisotopic (exact) mass is 342 g/mol. The zero-order valence-corrected chi connectivity index (χ0v) is 14.3. The zero-order chi connectivity index (χ0) is 17.3. The van der Waals surface area contributed by atoms with E-state index in [-0.39, 0.29) is 17.3 Å². The Morgan fingerprint density at radius 3 is 2.46 bits per heavy atom. The number of hydrogen-bond acceptors (Lipinski definition) is 3. The fraction of sp³-hybridized carbons (Fsp3) is 0.167. The molecular formula is C18H18N2O3S. The number of amides is 1. The Labute approximate surface area is 141 Å². The lowest BCUT2D eigenvalue weighted by molar-refractivity contribution is -0.110. The minimum Gasteiger partial charge on any atom is -0.321 e. The van der Waals surface area contributed by atoms with Crippen LogP contribution in [-0.4, -0.2) is 14.3 Å². The van der Waals surface area contributed by atoms with E-state index in [2.05, 4.69) is 10.0 Å². The van der Waals surface area contributed by atoms with Crippen molar-refractivity contribution < 1.29 is 13.2 Å². The first-order valence-corrected chi connectivity index (χ1v) is 9.03. The smallest absolute Gasteiger partial charge is 0.256 e. The van der Waals surface area contributed by atoms with Crippen molar-refractivity contribution in [1.29, 1.82) is 0 Å². The van der Waals surface area contributed by atoms with Crippen LogP contribution in [0, 0.1) is 0 Å². The van der Waals surface area contributed by atoms with Gasteiger partial charge in [-0.25, -0.2) is 13.1 Å². The molecule has 2 aromatic rings. The number of nitrogens with one attached hydrogen (secondary N) is 2.